The summed E-state index contributed by atoms with van der Waals surface area (Å²) < 4.78 is 5.37. The van der Waals surface area contributed by atoms with Gasteiger partial charge in [-0.15, -0.1) is 0 Å². The summed E-state index contributed by atoms with van der Waals surface area (Å²) in [6.45, 7) is 1.27. The summed E-state index contributed by atoms with van der Waals surface area (Å²) in [6, 6.07) is 10.9. The number of H-pyrrole nitrogens is 1. The van der Waals surface area contributed by atoms with Gasteiger partial charge in [0.1, 0.15) is 5.75 Å². The molecule has 0 spiro atoms. The summed E-state index contributed by atoms with van der Waals surface area (Å²) in [5, 5.41) is 0. The quantitative estimate of drug-likeness (QED) is 0.740. The van der Waals surface area contributed by atoms with Crippen LogP contribution in [0.5, 0.6) is 5.75 Å². The molecule has 0 aliphatic carbocycles. The second-order valence-electron chi connectivity index (χ2n) is 7.08. The number of pyridine rings is 1. The largest absolute Gasteiger partial charge is 0.494 e. The molecule has 3 heterocycles. The molecule has 7 heteroatoms. The number of amides is 1. The fourth-order valence-corrected chi connectivity index (χ4v) is 3.77. The van der Waals surface area contributed by atoms with Gasteiger partial charge in [0.25, 0.3) is 11.5 Å². The van der Waals surface area contributed by atoms with Crippen LogP contribution in [0.3, 0.4) is 0 Å². The average molecular weight is 390 g/mol. The van der Waals surface area contributed by atoms with Crippen LogP contribution in [-0.2, 0) is 0 Å². The van der Waals surface area contributed by atoms with E-state index in [1.54, 1.807) is 19.5 Å². The molecule has 7 nitrogen and oxygen atoms in total. The number of nitrogens with zero attached hydrogens (tertiary/aromatic N) is 3. The predicted molar refractivity (Wildman–Crippen MR) is 109 cm³/mol. The third-order valence-corrected chi connectivity index (χ3v) is 5.27. The molecule has 0 saturated carbocycles. The van der Waals surface area contributed by atoms with Crippen LogP contribution in [0.1, 0.15) is 34.8 Å². The Bertz CT molecular complexity index is 1060. The monoisotopic (exact) mass is 390 g/mol. The second-order valence-corrected chi connectivity index (χ2v) is 7.08. The minimum absolute atomic E-state index is 0.00668. The van der Waals surface area contributed by atoms with E-state index in [9.17, 15) is 9.59 Å². The number of hydrogen-bond acceptors (Lipinski definition) is 5. The standard InChI is InChI=1S/C22H22N4O3/c1-29-20-12-23-9-8-18(20)15-4-6-16(7-5-15)22(28)26-10-2-3-17(13-26)19-11-21(27)25-14-24-19/h4-9,11-12,14,17H,2-3,10,13H2,1H3,(H,24,25,27). The Morgan fingerprint density at radius 1 is 1.24 bits per heavy atom. The first-order valence-corrected chi connectivity index (χ1v) is 9.58. The van der Waals surface area contributed by atoms with Crippen molar-refractivity contribution >= 4 is 5.91 Å². The zero-order valence-corrected chi connectivity index (χ0v) is 16.2. The number of piperidine rings is 1. The highest BCUT2D eigenvalue weighted by molar-refractivity contribution is 5.95. The average Bonchev–Trinajstić information content (AvgIpc) is 2.79. The molecule has 1 aliphatic rings. The van der Waals surface area contributed by atoms with E-state index in [2.05, 4.69) is 15.0 Å². The number of hydrogen-bond donors (Lipinski definition) is 1. The number of nitrogens with one attached hydrogen (secondary N) is 1. The van der Waals surface area contributed by atoms with Gasteiger partial charge in [0.15, 0.2) is 0 Å². The number of carbonyl (C=O) groups excluding carboxylic acids is 1. The van der Waals surface area contributed by atoms with E-state index < -0.39 is 0 Å². The van der Waals surface area contributed by atoms with Crippen molar-refractivity contribution < 1.29 is 9.53 Å². The van der Waals surface area contributed by atoms with Crippen molar-refractivity contribution in [2.45, 2.75) is 18.8 Å². The van der Waals surface area contributed by atoms with Gasteiger partial charge < -0.3 is 14.6 Å². The van der Waals surface area contributed by atoms with Crippen molar-refractivity contribution in [3.8, 4) is 16.9 Å². The molecule has 148 valence electrons. The maximum absolute atomic E-state index is 13.0. The molecular weight excluding hydrogens is 368 g/mol. The van der Waals surface area contributed by atoms with Crippen molar-refractivity contribution in [2.24, 2.45) is 0 Å². The van der Waals surface area contributed by atoms with Gasteiger partial charge in [0.2, 0.25) is 0 Å². The maximum Gasteiger partial charge on any atom is 0.253 e. The Balaban J connectivity index is 1.51. The molecule has 1 unspecified atom stereocenters. The Morgan fingerprint density at radius 2 is 2.07 bits per heavy atom. The number of carbonyl (C=O) groups is 1. The van der Waals surface area contributed by atoms with Crippen LogP contribution in [0.25, 0.3) is 11.1 Å². The van der Waals surface area contributed by atoms with Gasteiger partial charge in [-0.1, -0.05) is 12.1 Å². The third kappa shape index (κ3) is 4.03. The van der Waals surface area contributed by atoms with E-state index in [1.165, 1.54) is 12.4 Å². The number of ether oxygens (including phenoxy) is 1. The van der Waals surface area contributed by atoms with E-state index in [0.717, 1.165) is 29.7 Å². The first kappa shape index (κ1) is 18.9. The number of aromatic nitrogens is 3. The van der Waals surface area contributed by atoms with Crippen molar-refractivity contribution in [1.29, 1.82) is 0 Å². The van der Waals surface area contributed by atoms with Crippen LogP contribution in [0.15, 0.2) is 59.9 Å². The number of benzene rings is 1. The molecule has 1 N–H and O–H groups in total. The van der Waals surface area contributed by atoms with Gasteiger partial charge in [0.05, 0.1) is 25.3 Å². The number of likely N-dealkylation sites (tertiary alicyclic amines) is 1. The lowest BCUT2D eigenvalue weighted by molar-refractivity contribution is 0.0706. The van der Waals surface area contributed by atoms with Gasteiger partial charge >= 0.3 is 0 Å². The summed E-state index contributed by atoms with van der Waals surface area (Å²) in [7, 11) is 1.61. The van der Waals surface area contributed by atoms with Gasteiger partial charge in [-0.05, 0) is 36.6 Å². The number of methoxy groups -OCH3 is 1. The Morgan fingerprint density at radius 3 is 2.83 bits per heavy atom. The zero-order valence-electron chi connectivity index (χ0n) is 16.2. The molecule has 0 radical (unpaired) electrons. The van der Waals surface area contributed by atoms with Crippen molar-refractivity contribution in [2.75, 3.05) is 20.2 Å². The van der Waals surface area contributed by atoms with Crippen molar-refractivity contribution in [3.05, 3.63) is 76.7 Å². The summed E-state index contributed by atoms with van der Waals surface area (Å²) in [6.07, 6.45) is 6.61. The molecule has 1 atom stereocenters. The Hall–Kier alpha value is -3.48. The highest BCUT2D eigenvalue weighted by atomic mass is 16.5. The molecule has 1 aliphatic heterocycles. The molecule has 4 rings (SSSR count). The Labute approximate surface area is 168 Å². The molecule has 1 saturated heterocycles. The van der Waals surface area contributed by atoms with E-state index in [4.69, 9.17) is 4.74 Å². The lowest BCUT2D eigenvalue weighted by Crippen LogP contribution is -2.39. The fourth-order valence-electron chi connectivity index (χ4n) is 3.77. The van der Waals surface area contributed by atoms with E-state index >= 15 is 0 Å². The molecule has 1 aromatic carbocycles. The Kier molecular flexibility index (Phi) is 5.37. The molecule has 1 fully saturated rings. The molecule has 0 bridgehead atoms. The topological polar surface area (TPSA) is 88.2 Å². The highest BCUT2D eigenvalue weighted by Crippen LogP contribution is 2.30. The first-order chi connectivity index (χ1) is 14.2. The van der Waals surface area contributed by atoms with Gasteiger partial charge in [-0.25, -0.2) is 4.98 Å². The lowest BCUT2D eigenvalue weighted by Gasteiger charge is -2.32. The minimum Gasteiger partial charge on any atom is -0.494 e. The summed E-state index contributed by atoms with van der Waals surface area (Å²) >= 11 is 0. The van der Waals surface area contributed by atoms with Crippen LogP contribution >= 0.6 is 0 Å². The van der Waals surface area contributed by atoms with Crippen LogP contribution in [0.4, 0.5) is 0 Å². The van der Waals surface area contributed by atoms with Gasteiger partial charge in [0, 0.05) is 42.4 Å². The highest BCUT2D eigenvalue weighted by Gasteiger charge is 2.26. The zero-order chi connectivity index (χ0) is 20.2. The molecular formula is C22H22N4O3. The van der Waals surface area contributed by atoms with Crippen LogP contribution in [0, 0.1) is 0 Å². The number of aromatic amines is 1. The molecule has 1 amide bonds. The van der Waals surface area contributed by atoms with E-state index in [-0.39, 0.29) is 17.4 Å². The third-order valence-electron chi connectivity index (χ3n) is 5.27. The van der Waals surface area contributed by atoms with Crippen LogP contribution < -0.4 is 10.3 Å². The van der Waals surface area contributed by atoms with Gasteiger partial charge in [-0.3, -0.25) is 14.6 Å². The normalized spacial score (nSPS) is 16.4. The van der Waals surface area contributed by atoms with E-state index in [1.807, 2.05) is 35.2 Å². The first-order valence-electron chi connectivity index (χ1n) is 9.58. The van der Waals surface area contributed by atoms with Crippen LogP contribution in [-0.4, -0.2) is 46.0 Å². The molecule has 3 aromatic rings. The van der Waals surface area contributed by atoms with Crippen molar-refractivity contribution in [1.82, 2.24) is 19.9 Å². The minimum atomic E-state index is -0.166. The number of rotatable bonds is 4. The lowest BCUT2D eigenvalue weighted by atomic mass is 9.94. The van der Waals surface area contributed by atoms with E-state index in [0.29, 0.717) is 24.4 Å². The van der Waals surface area contributed by atoms with Crippen molar-refractivity contribution in [3.63, 3.8) is 0 Å². The van der Waals surface area contributed by atoms with Gasteiger partial charge in [-0.2, -0.15) is 0 Å². The summed E-state index contributed by atoms with van der Waals surface area (Å²) in [4.78, 5) is 37.3. The fraction of sp³-hybridized carbons (Fsp3) is 0.273. The summed E-state index contributed by atoms with van der Waals surface area (Å²) in [5.41, 5.74) is 3.11. The molecule has 29 heavy (non-hydrogen) atoms. The second kappa shape index (κ2) is 8.26. The molecule has 2 aromatic heterocycles. The maximum atomic E-state index is 13.0. The SMILES string of the molecule is COc1cnccc1-c1ccc(C(=O)N2CCCC(c3cc(=O)[nH]cn3)C2)cc1. The summed E-state index contributed by atoms with van der Waals surface area (Å²) in [5.74, 6) is 0.763. The predicted octanol–water partition coefficient (Wildman–Crippen LogP) is 2.86. The van der Waals surface area contributed by atoms with Crippen LogP contribution in [0.2, 0.25) is 0 Å². The smallest absolute Gasteiger partial charge is 0.253 e.